The molecule has 0 bridgehead atoms. The summed E-state index contributed by atoms with van der Waals surface area (Å²) < 4.78 is 23.6. The van der Waals surface area contributed by atoms with Crippen LogP contribution < -0.4 is 4.74 Å². The van der Waals surface area contributed by atoms with Crippen LogP contribution in [0.4, 0.5) is 4.39 Å². The Morgan fingerprint density at radius 3 is 2.47 bits per heavy atom. The number of nitrogens with zero attached hydrogens (tertiary/aromatic N) is 4. The molecule has 4 rings (SSSR count). The summed E-state index contributed by atoms with van der Waals surface area (Å²) in [6.07, 6.45) is 2.43. The van der Waals surface area contributed by atoms with Crippen LogP contribution in [-0.2, 0) is 11.2 Å². The first-order valence-electron chi connectivity index (χ1n) is 10.9. The number of likely N-dealkylation sites (N-methyl/N-ethyl adjacent to an activating group) is 1. The second-order valence-corrected chi connectivity index (χ2v) is 8.52. The molecule has 2 amide bonds. The highest BCUT2D eigenvalue weighted by molar-refractivity contribution is 6.44. The molecule has 0 spiro atoms. The van der Waals surface area contributed by atoms with Crippen molar-refractivity contribution >= 4 is 28.7 Å². The Morgan fingerprint density at radius 2 is 1.85 bits per heavy atom. The van der Waals surface area contributed by atoms with Crippen molar-refractivity contribution in [3.8, 4) is 5.88 Å². The fourth-order valence-electron chi connectivity index (χ4n) is 4.10. The Balaban J connectivity index is 1.52. The molecule has 0 radical (unpaired) electrons. The maximum atomic E-state index is 13.3. The van der Waals surface area contributed by atoms with Crippen LogP contribution in [0.3, 0.4) is 0 Å². The number of ether oxygens (including phenoxy) is 1. The maximum Gasteiger partial charge on any atom is 0.296 e. The van der Waals surface area contributed by atoms with E-state index in [-0.39, 0.29) is 40.0 Å². The number of methoxy groups -OCH3 is 1. The SMILES string of the molecule is COc1nc2onc(C(=O)C(=O)N(C)C)c2cc1C(=O)N1CCC(Cc2ccc(F)cc2)CC1. The van der Waals surface area contributed by atoms with Crippen molar-refractivity contribution in [3.05, 3.63) is 53.0 Å². The molecule has 0 atom stereocenters. The second kappa shape index (κ2) is 9.58. The number of aromatic nitrogens is 2. The van der Waals surface area contributed by atoms with Crippen LogP contribution >= 0.6 is 0 Å². The Morgan fingerprint density at radius 1 is 1.18 bits per heavy atom. The first kappa shape index (κ1) is 23.3. The fourth-order valence-corrected chi connectivity index (χ4v) is 4.10. The molecule has 0 N–H and O–H groups in total. The number of hydrogen-bond donors (Lipinski definition) is 0. The van der Waals surface area contributed by atoms with E-state index in [1.54, 1.807) is 17.0 Å². The van der Waals surface area contributed by atoms with E-state index < -0.39 is 11.7 Å². The number of fused-ring (bicyclic) bond motifs is 1. The van der Waals surface area contributed by atoms with Crippen LogP contribution in [0.1, 0.15) is 39.3 Å². The predicted octanol–water partition coefficient (Wildman–Crippen LogP) is 2.74. The number of rotatable bonds is 6. The van der Waals surface area contributed by atoms with Crippen LogP contribution in [-0.4, -0.2) is 71.8 Å². The minimum absolute atomic E-state index is 0.00121. The molecular weight excluding hydrogens is 443 g/mol. The molecule has 34 heavy (non-hydrogen) atoms. The highest BCUT2D eigenvalue weighted by Gasteiger charge is 2.30. The van der Waals surface area contributed by atoms with Crippen molar-refractivity contribution in [2.75, 3.05) is 34.3 Å². The zero-order valence-corrected chi connectivity index (χ0v) is 19.2. The van der Waals surface area contributed by atoms with Gasteiger partial charge in [-0.05, 0) is 48.9 Å². The summed E-state index contributed by atoms with van der Waals surface area (Å²) in [4.78, 5) is 45.0. The van der Waals surface area contributed by atoms with Gasteiger partial charge in [-0.25, -0.2) is 4.39 Å². The Bertz CT molecular complexity index is 1230. The topological polar surface area (TPSA) is 106 Å². The second-order valence-electron chi connectivity index (χ2n) is 8.52. The van der Waals surface area contributed by atoms with Gasteiger partial charge in [-0.2, -0.15) is 4.98 Å². The molecule has 3 aromatic rings. The predicted molar refractivity (Wildman–Crippen MR) is 120 cm³/mol. The van der Waals surface area contributed by atoms with Gasteiger partial charge < -0.3 is 19.1 Å². The van der Waals surface area contributed by atoms with Gasteiger partial charge in [-0.3, -0.25) is 14.4 Å². The van der Waals surface area contributed by atoms with Gasteiger partial charge in [0.1, 0.15) is 11.4 Å². The van der Waals surface area contributed by atoms with E-state index in [4.69, 9.17) is 9.26 Å². The molecule has 1 fully saturated rings. The number of hydrogen-bond acceptors (Lipinski definition) is 7. The zero-order valence-electron chi connectivity index (χ0n) is 19.2. The molecule has 2 aromatic heterocycles. The van der Waals surface area contributed by atoms with Gasteiger partial charge in [-0.15, -0.1) is 0 Å². The molecule has 9 nitrogen and oxygen atoms in total. The van der Waals surface area contributed by atoms with Crippen molar-refractivity contribution < 1.29 is 28.0 Å². The summed E-state index contributed by atoms with van der Waals surface area (Å²) in [6.45, 7) is 1.08. The summed E-state index contributed by atoms with van der Waals surface area (Å²) in [5.41, 5.74) is 1.04. The monoisotopic (exact) mass is 468 g/mol. The van der Waals surface area contributed by atoms with Gasteiger partial charge in [0.05, 0.1) is 12.5 Å². The number of pyridine rings is 1. The van der Waals surface area contributed by atoms with Crippen LogP contribution in [0, 0.1) is 11.7 Å². The average Bonchev–Trinajstić information content (AvgIpc) is 3.26. The van der Waals surface area contributed by atoms with E-state index in [0.29, 0.717) is 19.0 Å². The lowest BCUT2D eigenvalue weighted by Gasteiger charge is -2.32. The van der Waals surface area contributed by atoms with Crippen LogP contribution in [0.25, 0.3) is 11.1 Å². The Hall–Kier alpha value is -3.82. The number of piperidine rings is 1. The molecule has 0 unspecified atom stereocenters. The molecule has 0 saturated carbocycles. The number of halogens is 1. The lowest BCUT2D eigenvalue weighted by atomic mass is 9.90. The third-order valence-corrected chi connectivity index (χ3v) is 6.01. The van der Waals surface area contributed by atoms with E-state index in [1.807, 2.05) is 0 Å². The van der Waals surface area contributed by atoms with Crippen molar-refractivity contribution in [1.82, 2.24) is 19.9 Å². The summed E-state index contributed by atoms with van der Waals surface area (Å²) >= 11 is 0. The van der Waals surface area contributed by atoms with E-state index >= 15 is 0 Å². The first-order chi connectivity index (χ1) is 16.3. The number of likely N-dealkylation sites (tertiary alicyclic amines) is 1. The normalized spacial score (nSPS) is 14.3. The highest BCUT2D eigenvalue weighted by Crippen LogP contribution is 2.29. The number of carbonyl (C=O) groups is 3. The average molecular weight is 468 g/mol. The number of Topliss-reactive ketones (excluding diaryl/α,β-unsaturated/α-hetero) is 1. The van der Waals surface area contributed by atoms with Gasteiger partial charge in [0.15, 0.2) is 5.69 Å². The Labute approximate surface area is 195 Å². The maximum absolute atomic E-state index is 13.3. The van der Waals surface area contributed by atoms with E-state index in [2.05, 4.69) is 10.1 Å². The molecule has 1 saturated heterocycles. The minimum Gasteiger partial charge on any atom is -0.480 e. The minimum atomic E-state index is -0.851. The molecule has 178 valence electrons. The van der Waals surface area contributed by atoms with Gasteiger partial charge in [-0.1, -0.05) is 17.3 Å². The molecule has 0 aliphatic carbocycles. The molecule has 10 heteroatoms. The largest absolute Gasteiger partial charge is 0.480 e. The van der Waals surface area contributed by atoms with Crippen molar-refractivity contribution in [2.24, 2.45) is 5.92 Å². The van der Waals surface area contributed by atoms with Crippen molar-refractivity contribution in [2.45, 2.75) is 19.3 Å². The number of ketones is 1. The fraction of sp³-hybridized carbons (Fsp3) is 0.375. The van der Waals surface area contributed by atoms with Crippen molar-refractivity contribution in [3.63, 3.8) is 0 Å². The third-order valence-electron chi connectivity index (χ3n) is 6.01. The van der Waals surface area contributed by atoms with E-state index in [9.17, 15) is 18.8 Å². The molecule has 1 aliphatic rings. The van der Waals surface area contributed by atoms with Gasteiger partial charge in [0.25, 0.3) is 23.3 Å². The lowest BCUT2D eigenvalue weighted by molar-refractivity contribution is -0.124. The van der Waals surface area contributed by atoms with Gasteiger partial charge >= 0.3 is 0 Å². The smallest absolute Gasteiger partial charge is 0.296 e. The van der Waals surface area contributed by atoms with Gasteiger partial charge in [0, 0.05) is 27.2 Å². The van der Waals surface area contributed by atoms with Crippen LogP contribution in [0.15, 0.2) is 34.9 Å². The quantitative estimate of drug-likeness (QED) is 0.405. The Kier molecular flexibility index (Phi) is 6.58. The third kappa shape index (κ3) is 4.61. The summed E-state index contributed by atoms with van der Waals surface area (Å²) in [6, 6.07) is 7.94. The number of carbonyl (C=O) groups excluding carboxylic acids is 3. The number of benzene rings is 1. The molecular formula is C24H25FN4O5. The van der Waals surface area contributed by atoms with Gasteiger partial charge in [0.2, 0.25) is 5.88 Å². The first-order valence-corrected chi connectivity index (χ1v) is 10.9. The highest BCUT2D eigenvalue weighted by atomic mass is 19.1. The molecule has 1 aliphatic heterocycles. The van der Waals surface area contributed by atoms with Crippen LogP contribution in [0.5, 0.6) is 5.88 Å². The zero-order chi connectivity index (χ0) is 24.4. The molecule has 3 heterocycles. The lowest BCUT2D eigenvalue weighted by Crippen LogP contribution is -2.39. The molecule has 1 aromatic carbocycles. The summed E-state index contributed by atoms with van der Waals surface area (Å²) in [5, 5.41) is 3.88. The standard InChI is InChI=1S/C24H25FN4O5/c1-28(2)24(32)20(30)19-17-13-18(21(33-3)26-22(17)34-27-19)23(31)29-10-8-15(9-11-29)12-14-4-6-16(25)7-5-14/h4-7,13,15H,8-12H2,1-3H3. The van der Waals surface area contributed by atoms with Crippen molar-refractivity contribution in [1.29, 1.82) is 0 Å². The van der Waals surface area contributed by atoms with E-state index in [0.717, 1.165) is 29.7 Å². The van der Waals surface area contributed by atoms with E-state index in [1.165, 1.54) is 39.4 Å². The summed E-state index contributed by atoms with van der Waals surface area (Å²) in [5.74, 6) is -1.72. The van der Waals surface area contributed by atoms with Crippen LogP contribution in [0.2, 0.25) is 0 Å². The summed E-state index contributed by atoms with van der Waals surface area (Å²) in [7, 11) is 4.30. The number of amides is 2.